The van der Waals surface area contributed by atoms with Crippen LogP contribution >= 0.6 is 0 Å². The standard InChI is InChI=1S/C8H16O4/c1-2-3-6(8(11)12)7(10)4-5-9/h6-7,9-10H,2-5H2,1H3,(H,11,12). The Hall–Kier alpha value is -0.610. The maximum Gasteiger partial charge on any atom is 0.309 e. The summed E-state index contributed by atoms with van der Waals surface area (Å²) < 4.78 is 0. The van der Waals surface area contributed by atoms with Crippen LogP contribution in [0.4, 0.5) is 0 Å². The summed E-state index contributed by atoms with van der Waals surface area (Å²) in [5.41, 5.74) is 0. The third-order valence-corrected chi connectivity index (χ3v) is 1.81. The Kier molecular flexibility index (Phi) is 5.66. The summed E-state index contributed by atoms with van der Waals surface area (Å²) in [6, 6.07) is 0. The molecule has 0 saturated heterocycles. The summed E-state index contributed by atoms with van der Waals surface area (Å²) in [7, 11) is 0. The molecule has 0 aromatic rings. The largest absolute Gasteiger partial charge is 0.481 e. The van der Waals surface area contributed by atoms with Crippen LogP contribution in [0.1, 0.15) is 26.2 Å². The third kappa shape index (κ3) is 3.69. The van der Waals surface area contributed by atoms with Crippen molar-refractivity contribution in [2.75, 3.05) is 6.61 Å². The Morgan fingerprint density at radius 1 is 1.42 bits per heavy atom. The van der Waals surface area contributed by atoms with Gasteiger partial charge in [0.15, 0.2) is 0 Å². The molecule has 0 bridgehead atoms. The summed E-state index contributed by atoms with van der Waals surface area (Å²) in [6.45, 7) is 1.69. The van der Waals surface area contributed by atoms with Crippen molar-refractivity contribution in [2.24, 2.45) is 5.92 Å². The first-order chi connectivity index (χ1) is 5.63. The Morgan fingerprint density at radius 3 is 2.33 bits per heavy atom. The summed E-state index contributed by atoms with van der Waals surface area (Å²) in [6.07, 6.45) is 0.389. The second kappa shape index (κ2) is 5.97. The molecule has 0 aromatic carbocycles. The Labute approximate surface area is 71.8 Å². The van der Waals surface area contributed by atoms with E-state index in [-0.39, 0.29) is 13.0 Å². The second-order valence-corrected chi connectivity index (χ2v) is 2.81. The number of carbonyl (C=O) groups is 1. The Morgan fingerprint density at radius 2 is 2.00 bits per heavy atom. The number of rotatable bonds is 6. The minimum Gasteiger partial charge on any atom is -0.481 e. The van der Waals surface area contributed by atoms with Crippen LogP contribution in [-0.4, -0.2) is 34.0 Å². The summed E-state index contributed by atoms with van der Waals surface area (Å²) in [5.74, 6) is -1.72. The molecule has 0 amide bonds. The van der Waals surface area contributed by atoms with Gasteiger partial charge in [-0.05, 0) is 12.8 Å². The number of aliphatic hydroxyl groups is 2. The van der Waals surface area contributed by atoms with Gasteiger partial charge < -0.3 is 15.3 Å². The fourth-order valence-corrected chi connectivity index (χ4v) is 1.12. The lowest BCUT2D eigenvalue weighted by molar-refractivity contribution is -0.146. The minimum atomic E-state index is -0.988. The fraction of sp³-hybridized carbons (Fsp3) is 0.875. The van der Waals surface area contributed by atoms with Crippen molar-refractivity contribution in [1.82, 2.24) is 0 Å². The van der Waals surface area contributed by atoms with Crippen LogP contribution in [0.25, 0.3) is 0 Å². The highest BCUT2D eigenvalue weighted by molar-refractivity contribution is 5.70. The molecule has 0 saturated carbocycles. The SMILES string of the molecule is CCCC(C(=O)O)C(O)CCO. The van der Waals surface area contributed by atoms with Gasteiger partial charge in [-0.3, -0.25) is 4.79 Å². The van der Waals surface area contributed by atoms with E-state index in [4.69, 9.17) is 10.2 Å². The van der Waals surface area contributed by atoms with E-state index in [1.165, 1.54) is 0 Å². The molecule has 0 aliphatic rings. The number of aliphatic carboxylic acids is 1. The van der Waals surface area contributed by atoms with Crippen LogP contribution < -0.4 is 0 Å². The number of hydrogen-bond acceptors (Lipinski definition) is 3. The molecule has 4 heteroatoms. The van der Waals surface area contributed by atoms with Crippen LogP contribution in [0.3, 0.4) is 0 Å². The summed E-state index contributed by atoms with van der Waals surface area (Å²) in [5, 5.41) is 26.4. The molecule has 0 rings (SSSR count). The van der Waals surface area contributed by atoms with Gasteiger partial charge in [0.1, 0.15) is 0 Å². The predicted octanol–water partition coefficient (Wildman–Crippen LogP) is 0.231. The molecule has 0 radical (unpaired) electrons. The molecular weight excluding hydrogens is 160 g/mol. The zero-order chi connectivity index (χ0) is 9.56. The average molecular weight is 176 g/mol. The smallest absolute Gasteiger partial charge is 0.309 e. The van der Waals surface area contributed by atoms with Gasteiger partial charge >= 0.3 is 5.97 Å². The molecule has 0 fully saturated rings. The van der Waals surface area contributed by atoms with Crippen LogP contribution in [-0.2, 0) is 4.79 Å². The van der Waals surface area contributed by atoms with Gasteiger partial charge in [-0.1, -0.05) is 13.3 Å². The average Bonchev–Trinajstić information content (AvgIpc) is 1.99. The van der Waals surface area contributed by atoms with E-state index in [2.05, 4.69) is 0 Å². The van der Waals surface area contributed by atoms with Crippen molar-refractivity contribution in [3.05, 3.63) is 0 Å². The molecular formula is C8H16O4. The molecule has 0 aliphatic carbocycles. The molecule has 2 atom stereocenters. The van der Waals surface area contributed by atoms with Gasteiger partial charge in [-0.25, -0.2) is 0 Å². The second-order valence-electron chi connectivity index (χ2n) is 2.81. The van der Waals surface area contributed by atoms with E-state index in [0.29, 0.717) is 6.42 Å². The number of carboxylic acid groups (broad SMARTS) is 1. The lowest BCUT2D eigenvalue weighted by Crippen LogP contribution is -2.28. The first kappa shape index (κ1) is 11.4. The molecule has 2 unspecified atom stereocenters. The Bertz CT molecular complexity index is 135. The maximum absolute atomic E-state index is 10.6. The first-order valence-electron chi connectivity index (χ1n) is 4.15. The van der Waals surface area contributed by atoms with Crippen molar-refractivity contribution >= 4 is 5.97 Å². The van der Waals surface area contributed by atoms with Crippen LogP contribution in [0.5, 0.6) is 0 Å². The topological polar surface area (TPSA) is 77.8 Å². The van der Waals surface area contributed by atoms with Crippen molar-refractivity contribution in [1.29, 1.82) is 0 Å². The normalized spacial score (nSPS) is 15.6. The zero-order valence-electron chi connectivity index (χ0n) is 7.23. The lowest BCUT2D eigenvalue weighted by atomic mass is 9.95. The van der Waals surface area contributed by atoms with Gasteiger partial charge in [0, 0.05) is 6.61 Å². The number of carboxylic acids is 1. The van der Waals surface area contributed by atoms with E-state index in [9.17, 15) is 9.90 Å². The third-order valence-electron chi connectivity index (χ3n) is 1.81. The summed E-state index contributed by atoms with van der Waals surface area (Å²) in [4.78, 5) is 10.6. The van der Waals surface area contributed by atoms with Crippen LogP contribution in [0.15, 0.2) is 0 Å². The van der Waals surface area contributed by atoms with Gasteiger partial charge in [-0.15, -0.1) is 0 Å². The van der Waals surface area contributed by atoms with Gasteiger partial charge in [0.25, 0.3) is 0 Å². The summed E-state index contributed by atoms with van der Waals surface area (Å²) >= 11 is 0. The zero-order valence-corrected chi connectivity index (χ0v) is 7.23. The predicted molar refractivity (Wildman–Crippen MR) is 43.7 cm³/mol. The van der Waals surface area contributed by atoms with Crippen molar-refractivity contribution in [3.8, 4) is 0 Å². The van der Waals surface area contributed by atoms with E-state index >= 15 is 0 Å². The molecule has 72 valence electrons. The highest BCUT2D eigenvalue weighted by Crippen LogP contribution is 2.14. The highest BCUT2D eigenvalue weighted by Gasteiger charge is 2.24. The van der Waals surface area contributed by atoms with E-state index in [1.807, 2.05) is 6.92 Å². The molecule has 3 N–H and O–H groups in total. The van der Waals surface area contributed by atoms with Crippen LogP contribution in [0.2, 0.25) is 0 Å². The number of hydrogen-bond donors (Lipinski definition) is 3. The molecule has 0 aliphatic heterocycles. The maximum atomic E-state index is 10.6. The Balaban J connectivity index is 3.99. The first-order valence-corrected chi connectivity index (χ1v) is 4.15. The van der Waals surface area contributed by atoms with Crippen molar-refractivity contribution < 1.29 is 20.1 Å². The van der Waals surface area contributed by atoms with Crippen LogP contribution in [0, 0.1) is 5.92 Å². The molecule has 12 heavy (non-hydrogen) atoms. The number of aliphatic hydroxyl groups excluding tert-OH is 2. The fourth-order valence-electron chi connectivity index (χ4n) is 1.12. The van der Waals surface area contributed by atoms with Crippen molar-refractivity contribution in [2.45, 2.75) is 32.3 Å². The quantitative estimate of drug-likeness (QED) is 0.541. The van der Waals surface area contributed by atoms with Gasteiger partial charge in [0.2, 0.25) is 0 Å². The van der Waals surface area contributed by atoms with E-state index < -0.39 is 18.0 Å². The van der Waals surface area contributed by atoms with E-state index in [0.717, 1.165) is 6.42 Å². The molecule has 0 aromatic heterocycles. The van der Waals surface area contributed by atoms with Gasteiger partial charge in [-0.2, -0.15) is 0 Å². The lowest BCUT2D eigenvalue weighted by Gasteiger charge is -2.16. The van der Waals surface area contributed by atoms with Gasteiger partial charge in [0.05, 0.1) is 12.0 Å². The van der Waals surface area contributed by atoms with Crippen molar-refractivity contribution in [3.63, 3.8) is 0 Å². The molecule has 0 heterocycles. The van der Waals surface area contributed by atoms with E-state index in [1.54, 1.807) is 0 Å². The minimum absolute atomic E-state index is 0.136. The highest BCUT2D eigenvalue weighted by atomic mass is 16.4. The molecule has 0 spiro atoms. The molecule has 4 nitrogen and oxygen atoms in total. The monoisotopic (exact) mass is 176 g/mol.